The molecular weight excluding hydrogens is 362 g/mol. The SMILES string of the molecule is CCC(C)NC(=S)OC/C=C(\C)CC/C=C(\C)CC/C=C(\C)CCC=C(C)C.[HH]. The smallest absolute Gasteiger partial charge is 0.257 e. The van der Waals surface area contributed by atoms with Crippen LogP contribution >= 0.6 is 12.2 Å². The average Bonchev–Trinajstić information content (AvgIpc) is 2.61. The van der Waals surface area contributed by atoms with Gasteiger partial charge in [0.05, 0.1) is 0 Å². The number of allylic oxidation sites excluding steroid dienone is 7. The quantitative estimate of drug-likeness (QED) is 0.246. The fraction of sp³-hybridized carbons (Fsp3) is 0.640. The fourth-order valence-corrected chi connectivity index (χ4v) is 2.86. The van der Waals surface area contributed by atoms with Gasteiger partial charge in [0.2, 0.25) is 0 Å². The van der Waals surface area contributed by atoms with Crippen molar-refractivity contribution in [3.63, 3.8) is 0 Å². The second-order valence-corrected chi connectivity index (χ2v) is 8.47. The van der Waals surface area contributed by atoms with Crippen LogP contribution < -0.4 is 5.32 Å². The summed E-state index contributed by atoms with van der Waals surface area (Å²) >= 11 is 5.18. The van der Waals surface area contributed by atoms with E-state index in [1.54, 1.807) is 0 Å². The maximum atomic E-state index is 5.55. The molecule has 3 heteroatoms. The predicted octanol–water partition coefficient (Wildman–Crippen LogP) is 8.07. The molecule has 0 aliphatic heterocycles. The van der Waals surface area contributed by atoms with Crippen LogP contribution in [-0.4, -0.2) is 17.8 Å². The molecule has 0 radical (unpaired) electrons. The molecule has 0 bridgehead atoms. The van der Waals surface area contributed by atoms with E-state index >= 15 is 0 Å². The van der Waals surface area contributed by atoms with Crippen molar-refractivity contribution in [2.24, 2.45) is 0 Å². The van der Waals surface area contributed by atoms with Crippen LogP contribution in [0.4, 0.5) is 0 Å². The molecule has 2 nitrogen and oxygen atoms in total. The molecule has 0 spiro atoms. The molecule has 0 saturated heterocycles. The first-order chi connectivity index (χ1) is 13.2. The van der Waals surface area contributed by atoms with Gasteiger partial charge in [0.1, 0.15) is 6.61 Å². The van der Waals surface area contributed by atoms with Gasteiger partial charge in [-0.05, 0) is 105 Å². The fourth-order valence-electron chi connectivity index (χ4n) is 2.59. The number of thiocarbonyl (C=S) groups is 1. The molecule has 1 unspecified atom stereocenters. The van der Waals surface area contributed by atoms with Gasteiger partial charge in [-0.2, -0.15) is 0 Å². The van der Waals surface area contributed by atoms with Gasteiger partial charge in [-0.1, -0.05) is 47.4 Å². The summed E-state index contributed by atoms with van der Waals surface area (Å²) < 4.78 is 5.55. The summed E-state index contributed by atoms with van der Waals surface area (Å²) in [6, 6.07) is 0.363. The highest BCUT2D eigenvalue weighted by Crippen LogP contribution is 2.13. The summed E-state index contributed by atoms with van der Waals surface area (Å²) in [5, 5.41) is 3.67. The number of hydrogen-bond donors (Lipinski definition) is 1. The van der Waals surface area contributed by atoms with Crippen molar-refractivity contribution in [3.8, 4) is 0 Å². The Morgan fingerprint density at radius 1 is 0.857 bits per heavy atom. The lowest BCUT2D eigenvalue weighted by Gasteiger charge is -2.13. The summed E-state index contributed by atoms with van der Waals surface area (Å²) in [5.41, 5.74) is 5.75. The first kappa shape index (κ1) is 26.6. The Morgan fingerprint density at radius 2 is 1.32 bits per heavy atom. The molecule has 0 aromatic heterocycles. The van der Waals surface area contributed by atoms with Gasteiger partial charge in [-0.25, -0.2) is 0 Å². The zero-order chi connectivity index (χ0) is 21.4. The maximum absolute atomic E-state index is 5.55. The van der Waals surface area contributed by atoms with Crippen LogP contribution in [0, 0.1) is 0 Å². The molecule has 0 aromatic carbocycles. The first-order valence-corrected chi connectivity index (χ1v) is 11.2. The number of ether oxygens (including phenoxy) is 1. The Balaban J connectivity index is 0. The summed E-state index contributed by atoms with van der Waals surface area (Å²) in [5.74, 6) is 0. The van der Waals surface area contributed by atoms with E-state index in [0.717, 1.165) is 38.5 Å². The monoisotopic (exact) mass is 407 g/mol. The van der Waals surface area contributed by atoms with Crippen molar-refractivity contribution in [3.05, 3.63) is 46.6 Å². The lowest BCUT2D eigenvalue weighted by Crippen LogP contribution is -2.32. The summed E-state index contributed by atoms with van der Waals surface area (Å²) in [4.78, 5) is 0. The van der Waals surface area contributed by atoms with Gasteiger partial charge < -0.3 is 10.1 Å². The Kier molecular flexibility index (Phi) is 15.8. The number of nitrogens with one attached hydrogen (secondary N) is 1. The van der Waals surface area contributed by atoms with E-state index in [1.807, 2.05) is 0 Å². The summed E-state index contributed by atoms with van der Waals surface area (Å²) in [7, 11) is 0. The Bertz CT molecular complexity index is 571. The molecule has 1 atom stereocenters. The molecule has 0 aromatic rings. The van der Waals surface area contributed by atoms with Crippen LogP contribution in [0.1, 0.15) is 94.8 Å². The molecule has 0 amide bonds. The number of rotatable bonds is 13. The van der Waals surface area contributed by atoms with E-state index in [2.05, 4.69) is 78.1 Å². The van der Waals surface area contributed by atoms with Crippen molar-refractivity contribution >= 4 is 17.4 Å². The third kappa shape index (κ3) is 16.8. The molecule has 1 N–H and O–H groups in total. The lowest BCUT2D eigenvalue weighted by molar-refractivity contribution is 0.334. The van der Waals surface area contributed by atoms with Gasteiger partial charge in [0.15, 0.2) is 0 Å². The van der Waals surface area contributed by atoms with Crippen molar-refractivity contribution in [2.45, 2.75) is 99.5 Å². The van der Waals surface area contributed by atoms with Gasteiger partial charge >= 0.3 is 0 Å². The largest absolute Gasteiger partial charge is 0.467 e. The van der Waals surface area contributed by atoms with Crippen molar-refractivity contribution in [2.75, 3.05) is 6.61 Å². The van der Waals surface area contributed by atoms with E-state index in [0.29, 0.717) is 17.8 Å². The minimum atomic E-state index is 0. The Morgan fingerprint density at radius 3 is 1.79 bits per heavy atom. The normalized spacial score (nSPS) is 13.9. The third-order valence-corrected chi connectivity index (χ3v) is 5.01. The molecule has 0 saturated carbocycles. The average molecular weight is 408 g/mol. The topological polar surface area (TPSA) is 21.3 Å². The van der Waals surface area contributed by atoms with E-state index < -0.39 is 0 Å². The zero-order valence-electron chi connectivity index (χ0n) is 19.4. The van der Waals surface area contributed by atoms with E-state index in [1.165, 1.54) is 28.7 Å². The number of hydrogen-bond acceptors (Lipinski definition) is 2. The van der Waals surface area contributed by atoms with Crippen LogP contribution in [0.5, 0.6) is 0 Å². The molecule has 0 fully saturated rings. The van der Waals surface area contributed by atoms with Crippen molar-refractivity contribution in [1.29, 1.82) is 0 Å². The van der Waals surface area contributed by atoms with Crippen molar-refractivity contribution in [1.82, 2.24) is 5.32 Å². The molecule has 0 aliphatic carbocycles. The predicted molar refractivity (Wildman–Crippen MR) is 132 cm³/mol. The van der Waals surface area contributed by atoms with Crippen LogP contribution in [0.25, 0.3) is 0 Å². The highest BCUT2D eigenvalue weighted by atomic mass is 32.1. The molecule has 28 heavy (non-hydrogen) atoms. The van der Waals surface area contributed by atoms with Crippen LogP contribution in [0.15, 0.2) is 46.6 Å². The molecule has 0 aliphatic rings. The van der Waals surface area contributed by atoms with E-state index in [-0.39, 0.29) is 1.43 Å². The van der Waals surface area contributed by atoms with E-state index in [4.69, 9.17) is 17.0 Å². The molecule has 0 rings (SSSR count). The second kappa shape index (κ2) is 16.6. The van der Waals surface area contributed by atoms with E-state index in [9.17, 15) is 0 Å². The third-order valence-electron chi connectivity index (χ3n) is 4.78. The highest BCUT2D eigenvalue weighted by Gasteiger charge is 2.01. The van der Waals surface area contributed by atoms with Crippen molar-refractivity contribution < 1.29 is 6.16 Å². The minimum absolute atomic E-state index is 0. The highest BCUT2D eigenvalue weighted by molar-refractivity contribution is 7.80. The lowest BCUT2D eigenvalue weighted by atomic mass is 10.0. The summed E-state index contributed by atoms with van der Waals surface area (Å²) in [6.45, 7) is 15.8. The summed E-state index contributed by atoms with van der Waals surface area (Å²) in [6.07, 6.45) is 17.1. The maximum Gasteiger partial charge on any atom is 0.257 e. The van der Waals surface area contributed by atoms with Gasteiger partial charge in [0.25, 0.3) is 5.17 Å². The second-order valence-electron chi connectivity index (χ2n) is 8.10. The van der Waals surface area contributed by atoms with Crippen LogP contribution in [-0.2, 0) is 4.74 Å². The Hall–Kier alpha value is -1.35. The molecular formula is C25H45NOS. The Labute approximate surface area is 181 Å². The van der Waals surface area contributed by atoms with Crippen LogP contribution in [0.3, 0.4) is 0 Å². The van der Waals surface area contributed by atoms with Gasteiger partial charge in [-0.15, -0.1) is 0 Å². The zero-order valence-corrected chi connectivity index (χ0v) is 20.2. The standard InChI is InChI=1S/C25H43NOS.H2/c1-8-24(7)26-25(28)27-19-18-23(6)17-11-16-22(5)15-10-14-21(4)13-9-12-20(2)3;/h12,14,16,18,24H,8-11,13,15,17,19H2,1-7H3,(H,26,28);1H/b21-14+,22-16+,23-18+;. The molecule has 162 valence electrons. The molecule has 0 heterocycles. The van der Waals surface area contributed by atoms with Gasteiger partial charge in [-0.3, -0.25) is 0 Å². The van der Waals surface area contributed by atoms with Gasteiger partial charge in [0, 0.05) is 7.47 Å². The minimum Gasteiger partial charge on any atom is -0.467 e. The first-order valence-electron chi connectivity index (χ1n) is 10.8. The van der Waals surface area contributed by atoms with Crippen LogP contribution in [0.2, 0.25) is 0 Å².